The quantitative estimate of drug-likeness (QED) is 0.179. The molecular formula is C41H39N9O4. The van der Waals surface area contributed by atoms with Gasteiger partial charge in [0.15, 0.2) is 0 Å². The van der Waals surface area contributed by atoms with E-state index in [-0.39, 0.29) is 24.1 Å². The summed E-state index contributed by atoms with van der Waals surface area (Å²) in [6.07, 6.45) is 5.77. The zero-order valence-corrected chi connectivity index (χ0v) is 29.8. The van der Waals surface area contributed by atoms with E-state index in [4.69, 9.17) is 0 Å². The van der Waals surface area contributed by atoms with Crippen LogP contribution in [0.1, 0.15) is 50.2 Å². The molecule has 2 saturated heterocycles. The zero-order valence-electron chi connectivity index (χ0n) is 29.8. The van der Waals surface area contributed by atoms with Gasteiger partial charge in [0.05, 0.1) is 5.69 Å². The fourth-order valence-corrected chi connectivity index (χ4v) is 7.22. The minimum atomic E-state index is -0.615. The molecule has 13 heteroatoms. The number of nitrogens with one attached hydrogen (secondary N) is 3. The number of anilines is 4. The molecular weight excluding hydrogens is 683 g/mol. The number of aromatic nitrogens is 3. The first kappa shape index (κ1) is 34.6. The molecule has 2 fully saturated rings. The number of piperidine rings is 1. The van der Waals surface area contributed by atoms with Crippen molar-refractivity contribution in [3.8, 4) is 11.3 Å². The highest BCUT2D eigenvalue weighted by atomic mass is 16.2. The lowest BCUT2D eigenvalue weighted by Crippen LogP contribution is -2.52. The molecule has 5 heterocycles. The van der Waals surface area contributed by atoms with E-state index in [1.54, 1.807) is 23.5 Å². The van der Waals surface area contributed by atoms with Gasteiger partial charge in [0.1, 0.15) is 6.04 Å². The second kappa shape index (κ2) is 14.9. The van der Waals surface area contributed by atoms with Crippen LogP contribution in [0, 0.1) is 6.92 Å². The molecule has 1 atom stereocenters. The number of piperazine rings is 1. The van der Waals surface area contributed by atoms with Crippen LogP contribution in [0.15, 0.2) is 97.5 Å². The predicted molar refractivity (Wildman–Crippen MR) is 204 cm³/mol. The van der Waals surface area contributed by atoms with E-state index < -0.39 is 11.9 Å². The van der Waals surface area contributed by atoms with Crippen LogP contribution in [0.4, 0.5) is 23.0 Å². The van der Waals surface area contributed by atoms with Gasteiger partial charge in [-0.05, 0) is 90.7 Å². The Morgan fingerprint density at radius 1 is 0.926 bits per heavy atom. The molecule has 3 aliphatic heterocycles. The third kappa shape index (κ3) is 7.39. The van der Waals surface area contributed by atoms with Crippen molar-refractivity contribution in [3.63, 3.8) is 0 Å². The molecule has 272 valence electrons. The highest BCUT2D eigenvalue weighted by molar-refractivity contribution is 6.06. The number of amides is 4. The number of fused-ring (bicyclic) bond motifs is 1. The maximum atomic E-state index is 13.3. The fourth-order valence-electron chi connectivity index (χ4n) is 7.22. The summed E-state index contributed by atoms with van der Waals surface area (Å²) in [4.78, 5) is 69.8. The summed E-state index contributed by atoms with van der Waals surface area (Å²) in [7, 11) is 0. The molecule has 3 N–H and O–H groups in total. The molecule has 3 aliphatic rings. The molecule has 2 aromatic heterocycles. The number of carbonyl (C=O) groups is 4. The fraction of sp³-hybridized carbons (Fsp3) is 0.244. The number of nitrogens with zero attached hydrogens (tertiary/aromatic N) is 6. The summed E-state index contributed by atoms with van der Waals surface area (Å²) >= 11 is 0. The van der Waals surface area contributed by atoms with Gasteiger partial charge in [-0.2, -0.15) is 0 Å². The third-order valence-electron chi connectivity index (χ3n) is 10.2. The van der Waals surface area contributed by atoms with Gasteiger partial charge >= 0.3 is 0 Å². The molecule has 54 heavy (non-hydrogen) atoms. The molecule has 4 amide bonds. The maximum absolute atomic E-state index is 13.3. The molecule has 5 aromatic rings. The first-order chi connectivity index (χ1) is 26.3. The summed E-state index contributed by atoms with van der Waals surface area (Å²) in [5.41, 5.74) is 8.35. The molecule has 13 nitrogen and oxygen atoms in total. The average Bonchev–Trinajstić information content (AvgIpc) is 3.51. The van der Waals surface area contributed by atoms with Crippen LogP contribution in [-0.4, -0.2) is 80.6 Å². The smallest absolute Gasteiger partial charge is 0.255 e. The third-order valence-corrected chi connectivity index (χ3v) is 10.2. The highest BCUT2D eigenvalue weighted by Crippen LogP contribution is 2.29. The molecule has 0 spiro atoms. The van der Waals surface area contributed by atoms with E-state index >= 15 is 0 Å². The van der Waals surface area contributed by atoms with E-state index in [1.165, 1.54) is 0 Å². The second-order valence-corrected chi connectivity index (χ2v) is 13.8. The van der Waals surface area contributed by atoms with Crippen LogP contribution in [-0.2, 0) is 22.7 Å². The number of hydrogen-bond acceptors (Lipinski definition) is 10. The maximum Gasteiger partial charge on any atom is 0.255 e. The van der Waals surface area contributed by atoms with Crippen molar-refractivity contribution >= 4 is 46.6 Å². The Kier molecular flexibility index (Phi) is 9.53. The lowest BCUT2D eigenvalue weighted by atomic mass is 10.0. The van der Waals surface area contributed by atoms with Gasteiger partial charge in [0.2, 0.25) is 17.8 Å². The molecule has 8 rings (SSSR count). The Hall–Kier alpha value is -6.47. The van der Waals surface area contributed by atoms with Crippen molar-refractivity contribution in [3.05, 3.63) is 125 Å². The first-order valence-electron chi connectivity index (χ1n) is 18.0. The van der Waals surface area contributed by atoms with Crippen molar-refractivity contribution in [1.82, 2.24) is 30.1 Å². The summed E-state index contributed by atoms with van der Waals surface area (Å²) in [6, 6.07) is 24.3. The van der Waals surface area contributed by atoms with Gasteiger partial charge in [-0.25, -0.2) is 9.97 Å². The van der Waals surface area contributed by atoms with Crippen LogP contribution in [0.2, 0.25) is 0 Å². The lowest BCUT2D eigenvalue weighted by Gasteiger charge is -2.36. The van der Waals surface area contributed by atoms with Gasteiger partial charge in [-0.15, -0.1) is 0 Å². The van der Waals surface area contributed by atoms with Crippen LogP contribution in [0.5, 0.6) is 0 Å². The SMILES string of the molecule is Cc1ccc(NC(=O)c2ccc(N3CCN(Cc4ccc5c(c4)CN(C4CCC(=O)NC4=O)C5=O)CC3)cc2)cc1Nc1nccc(-c2cccnc2)n1. The van der Waals surface area contributed by atoms with Crippen LogP contribution >= 0.6 is 0 Å². The monoisotopic (exact) mass is 721 g/mol. The Bertz CT molecular complexity index is 2240. The van der Waals surface area contributed by atoms with Gasteiger partial charge in [-0.3, -0.25) is 34.4 Å². The minimum absolute atomic E-state index is 0.157. The van der Waals surface area contributed by atoms with E-state index in [2.05, 4.69) is 46.8 Å². The lowest BCUT2D eigenvalue weighted by molar-refractivity contribution is -0.136. The molecule has 3 aromatic carbocycles. The largest absolute Gasteiger partial charge is 0.369 e. The van der Waals surface area contributed by atoms with Crippen molar-refractivity contribution in [2.24, 2.45) is 0 Å². The van der Waals surface area contributed by atoms with Gasteiger partial charge in [-0.1, -0.05) is 18.2 Å². The normalized spacial score (nSPS) is 17.3. The number of aryl methyl sites for hydroxylation is 1. The number of imide groups is 1. The minimum Gasteiger partial charge on any atom is -0.369 e. The van der Waals surface area contributed by atoms with Crippen LogP contribution in [0.3, 0.4) is 0 Å². The van der Waals surface area contributed by atoms with Crippen LogP contribution in [0.25, 0.3) is 11.3 Å². The summed E-state index contributed by atoms with van der Waals surface area (Å²) in [6.45, 7) is 6.52. The highest BCUT2D eigenvalue weighted by Gasteiger charge is 2.39. The Balaban J connectivity index is 0.839. The first-order valence-corrected chi connectivity index (χ1v) is 18.0. The van der Waals surface area contributed by atoms with Crippen molar-refractivity contribution < 1.29 is 19.2 Å². The Morgan fingerprint density at radius 3 is 2.54 bits per heavy atom. The van der Waals surface area contributed by atoms with Crippen LogP contribution < -0.4 is 20.9 Å². The van der Waals surface area contributed by atoms with Crippen molar-refractivity contribution in [1.29, 1.82) is 0 Å². The number of hydrogen-bond donors (Lipinski definition) is 3. The van der Waals surface area contributed by atoms with E-state index in [1.807, 2.05) is 79.7 Å². The zero-order chi connectivity index (χ0) is 37.2. The molecule has 0 radical (unpaired) electrons. The molecule has 0 bridgehead atoms. The number of carbonyl (C=O) groups excluding carboxylic acids is 4. The van der Waals surface area contributed by atoms with Crippen molar-refractivity contribution in [2.45, 2.75) is 38.9 Å². The summed E-state index contributed by atoms with van der Waals surface area (Å²) in [5.74, 6) is -0.602. The number of rotatable bonds is 9. The molecule has 1 unspecified atom stereocenters. The summed E-state index contributed by atoms with van der Waals surface area (Å²) in [5, 5.41) is 8.66. The van der Waals surface area contributed by atoms with Gasteiger partial charge in [0, 0.05) is 98.0 Å². The standard InChI is InChI=1S/C41H39N9O4/c1-26-4-8-31(22-35(26)46-41-43-16-14-34(45-41)29-3-2-15-42-23-29)44-38(52)28-6-9-32(10-7-28)49-19-17-48(18-20-49)24-27-5-11-33-30(21-27)25-50(40(33)54)36-12-13-37(51)47-39(36)53/h2-11,14-16,21-23,36H,12-13,17-20,24-25H2,1H3,(H,44,52)(H,43,45,46)(H,47,51,53). The van der Waals surface area contributed by atoms with E-state index in [0.717, 1.165) is 72.0 Å². The van der Waals surface area contributed by atoms with Crippen molar-refractivity contribution in [2.75, 3.05) is 41.7 Å². The van der Waals surface area contributed by atoms with Gasteiger partial charge < -0.3 is 20.4 Å². The average molecular weight is 722 g/mol. The summed E-state index contributed by atoms with van der Waals surface area (Å²) < 4.78 is 0. The second-order valence-electron chi connectivity index (χ2n) is 13.8. The predicted octanol–water partition coefficient (Wildman–Crippen LogP) is 4.93. The number of benzene rings is 3. The van der Waals surface area contributed by atoms with Gasteiger partial charge in [0.25, 0.3) is 11.8 Å². The Labute approximate surface area is 312 Å². The topological polar surface area (TPSA) is 153 Å². The van der Waals surface area contributed by atoms with E-state index in [9.17, 15) is 19.2 Å². The van der Waals surface area contributed by atoms with E-state index in [0.29, 0.717) is 35.7 Å². The number of pyridine rings is 1. The molecule has 0 saturated carbocycles. The molecule has 0 aliphatic carbocycles. The Morgan fingerprint density at radius 2 is 1.76 bits per heavy atom.